The molecular weight excluding hydrogens is 366 g/mol. The lowest BCUT2D eigenvalue weighted by atomic mass is 9.93. The summed E-state index contributed by atoms with van der Waals surface area (Å²) >= 11 is 1.76. The topological polar surface area (TPSA) is 37.4 Å². The zero-order chi connectivity index (χ0) is 17.3. The highest BCUT2D eigenvalue weighted by atomic mass is 35.5. The molecule has 2 aliphatic rings. The van der Waals surface area contributed by atoms with E-state index in [4.69, 9.17) is 4.74 Å². The smallest absolute Gasteiger partial charge is 0.122 e. The molecule has 1 aliphatic heterocycles. The van der Waals surface area contributed by atoms with E-state index in [1.54, 1.807) is 18.4 Å². The summed E-state index contributed by atoms with van der Waals surface area (Å²) in [5.74, 6) is 0.985. The quantitative estimate of drug-likeness (QED) is 0.804. The van der Waals surface area contributed by atoms with Crippen LogP contribution in [0.15, 0.2) is 29.8 Å². The molecule has 1 atom stereocenters. The van der Waals surface area contributed by atoms with Crippen LogP contribution in [0.1, 0.15) is 35.4 Å². The van der Waals surface area contributed by atoms with Crippen molar-refractivity contribution in [2.24, 2.45) is 5.41 Å². The Morgan fingerprint density at radius 1 is 1.31 bits per heavy atom. The van der Waals surface area contributed by atoms with Crippen LogP contribution in [-0.2, 0) is 13.1 Å². The number of aryl methyl sites for hydroxylation is 1. The van der Waals surface area contributed by atoms with Crippen LogP contribution >= 0.6 is 23.7 Å². The molecule has 26 heavy (non-hydrogen) atoms. The first-order valence-electron chi connectivity index (χ1n) is 9.17. The van der Waals surface area contributed by atoms with Gasteiger partial charge in [-0.3, -0.25) is 4.90 Å². The van der Waals surface area contributed by atoms with Crippen LogP contribution in [0.25, 0.3) is 0 Å². The summed E-state index contributed by atoms with van der Waals surface area (Å²) in [6, 6.07) is 7.29. The maximum atomic E-state index is 5.52. The molecule has 0 amide bonds. The highest BCUT2D eigenvalue weighted by Crippen LogP contribution is 2.56. The van der Waals surface area contributed by atoms with E-state index >= 15 is 0 Å². The predicted molar refractivity (Wildman–Crippen MR) is 109 cm³/mol. The van der Waals surface area contributed by atoms with Crippen molar-refractivity contribution < 1.29 is 4.74 Å². The molecule has 2 aromatic rings. The molecule has 0 radical (unpaired) electrons. The van der Waals surface area contributed by atoms with Gasteiger partial charge in [0, 0.05) is 24.2 Å². The number of hydrogen-bond donors (Lipinski definition) is 1. The molecule has 1 unspecified atom stereocenters. The Bertz CT molecular complexity index is 716. The molecule has 1 N–H and O–H groups in total. The second-order valence-corrected chi connectivity index (χ2v) is 8.45. The molecule has 1 aromatic heterocycles. The van der Waals surface area contributed by atoms with Crippen molar-refractivity contribution in [2.75, 3.05) is 20.2 Å². The number of rotatable bonds is 6. The summed E-state index contributed by atoms with van der Waals surface area (Å²) in [5.41, 5.74) is 3.06. The molecule has 2 heterocycles. The predicted octanol–water partition coefficient (Wildman–Crippen LogP) is 4.03. The van der Waals surface area contributed by atoms with Crippen molar-refractivity contribution in [1.82, 2.24) is 15.2 Å². The van der Waals surface area contributed by atoms with Crippen LogP contribution in [0.3, 0.4) is 0 Å². The van der Waals surface area contributed by atoms with Gasteiger partial charge in [-0.25, -0.2) is 4.98 Å². The van der Waals surface area contributed by atoms with Gasteiger partial charge in [-0.05, 0) is 61.9 Å². The van der Waals surface area contributed by atoms with Crippen LogP contribution in [0.4, 0.5) is 0 Å². The van der Waals surface area contributed by atoms with Crippen molar-refractivity contribution in [2.45, 2.75) is 45.3 Å². The third-order valence-corrected chi connectivity index (χ3v) is 6.63. The molecular formula is C20H28ClN3OS. The van der Waals surface area contributed by atoms with Gasteiger partial charge >= 0.3 is 0 Å². The molecule has 0 bridgehead atoms. The Morgan fingerprint density at radius 2 is 2.12 bits per heavy atom. The summed E-state index contributed by atoms with van der Waals surface area (Å²) in [6.45, 7) is 6.35. The standard InChI is InChI=1S/C20H27N3OS.ClH/c1-15-3-4-16(11-17(15)24-2)13-23(14-19-22-9-10-25-19)18-12-20(18)5-7-21-8-6-20;/h3-4,9-11,18,21H,5-8,12-14H2,1-2H3;1H. The van der Waals surface area contributed by atoms with E-state index in [2.05, 4.69) is 45.7 Å². The van der Waals surface area contributed by atoms with E-state index in [1.807, 2.05) is 6.20 Å². The lowest BCUT2D eigenvalue weighted by Gasteiger charge is -2.29. The third kappa shape index (κ3) is 4.06. The average molecular weight is 394 g/mol. The molecule has 4 rings (SSSR count). The summed E-state index contributed by atoms with van der Waals surface area (Å²) in [7, 11) is 1.75. The average Bonchev–Trinajstić information content (AvgIpc) is 3.05. The lowest BCUT2D eigenvalue weighted by Crippen LogP contribution is -2.35. The molecule has 1 saturated heterocycles. The molecule has 1 aromatic carbocycles. The summed E-state index contributed by atoms with van der Waals surface area (Å²) in [6.07, 6.45) is 5.87. The minimum absolute atomic E-state index is 0. The number of ether oxygens (including phenoxy) is 1. The number of nitrogens with one attached hydrogen (secondary N) is 1. The SMILES string of the molecule is COc1cc(CN(Cc2nccs2)C2CC23CCNCC3)ccc1C.Cl. The van der Waals surface area contributed by atoms with E-state index in [0.29, 0.717) is 11.5 Å². The number of nitrogens with zero attached hydrogens (tertiary/aromatic N) is 2. The summed E-state index contributed by atoms with van der Waals surface area (Å²) in [5, 5.41) is 6.81. The van der Waals surface area contributed by atoms with Crippen LogP contribution < -0.4 is 10.1 Å². The van der Waals surface area contributed by atoms with Crippen LogP contribution in [-0.4, -0.2) is 36.1 Å². The van der Waals surface area contributed by atoms with Crippen molar-refractivity contribution in [3.05, 3.63) is 45.9 Å². The van der Waals surface area contributed by atoms with Gasteiger partial charge in [0.1, 0.15) is 10.8 Å². The Morgan fingerprint density at radius 3 is 2.81 bits per heavy atom. The largest absolute Gasteiger partial charge is 0.496 e. The highest BCUT2D eigenvalue weighted by molar-refractivity contribution is 7.09. The minimum Gasteiger partial charge on any atom is -0.496 e. The molecule has 2 fully saturated rings. The normalized spacial score (nSPS) is 20.8. The Kier molecular flexibility index (Phi) is 6.23. The molecule has 1 aliphatic carbocycles. The first-order valence-corrected chi connectivity index (χ1v) is 10.0. The van der Waals surface area contributed by atoms with Gasteiger partial charge in [0.2, 0.25) is 0 Å². The van der Waals surface area contributed by atoms with Gasteiger partial charge in [-0.2, -0.15) is 0 Å². The van der Waals surface area contributed by atoms with E-state index < -0.39 is 0 Å². The van der Waals surface area contributed by atoms with Crippen molar-refractivity contribution >= 4 is 23.7 Å². The van der Waals surface area contributed by atoms with E-state index in [-0.39, 0.29) is 12.4 Å². The summed E-state index contributed by atoms with van der Waals surface area (Å²) in [4.78, 5) is 7.18. The number of methoxy groups -OCH3 is 1. The monoisotopic (exact) mass is 393 g/mol. The van der Waals surface area contributed by atoms with Crippen molar-refractivity contribution in [3.63, 3.8) is 0 Å². The van der Waals surface area contributed by atoms with Gasteiger partial charge in [-0.15, -0.1) is 23.7 Å². The molecule has 142 valence electrons. The number of benzene rings is 1. The maximum Gasteiger partial charge on any atom is 0.122 e. The van der Waals surface area contributed by atoms with Crippen molar-refractivity contribution in [3.8, 4) is 5.75 Å². The van der Waals surface area contributed by atoms with Crippen LogP contribution in [0.2, 0.25) is 0 Å². The Labute approximate surface area is 166 Å². The maximum absolute atomic E-state index is 5.52. The van der Waals surface area contributed by atoms with Gasteiger partial charge in [0.25, 0.3) is 0 Å². The first kappa shape index (κ1) is 19.6. The number of hydrogen-bond acceptors (Lipinski definition) is 5. The van der Waals surface area contributed by atoms with Gasteiger partial charge in [-0.1, -0.05) is 12.1 Å². The van der Waals surface area contributed by atoms with Gasteiger partial charge < -0.3 is 10.1 Å². The minimum atomic E-state index is 0. The molecule has 1 spiro atoms. The van der Waals surface area contributed by atoms with E-state index in [0.717, 1.165) is 18.8 Å². The number of thiazole rings is 1. The van der Waals surface area contributed by atoms with Crippen LogP contribution in [0, 0.1) is 12.3 Å². The molecule has 4 nitrogen and oxygen atoms in total. The number of halogens is 1. The lowest BCUT2D eigenvalue weighted by molar-refractivity contribution is 0.187. The second kappa shape index (κ2) is 8.26. The Balaban J connectivity index is 0.00000196. The highest BCUT2D eigenvalue weighted by Gasteiger charge is 2.56. The zero-order valence-electron chi connectivity index (χ0n) is 15.5. The second-order valence-electron chi connectivity index (χ2n) is 7.47. The fourth-order valence-electron chi connectivity index (χ4n) is 4.28. The third-order valence-electron chi connectivity index (χ3n) is 5.87. The fraction of sp³-hybridized carbons (Fsp3) is 0.550. The van der Waals surface area contributed by atoms with Gasteiger partial charge in [0.05, 0.1) is 13.7 Å². The van der Waals surface area contributed by atoms with Crippen molar-refractivity contribution in [1.29, 1.82) is 0 Å². The molecule has 6 heteroatoms. The van der Waals surface area contributed by atoms with E-state index in [9.17, 15) is 0 Å². The van der Waals surface area contributed by atoms with Crippen LogP contribution in [0.5, 0.6) is 5.75 Å². The number of piperidine rings is 1. The van der Waals surface area contributed by atoms with E-state index in [1.165, 1.54) is 48.5 Å². The number of aromatic nitrogens is 1. The fourth-order valence-corrected chi connectivity index (χ4v) is 4.92. The first-order chi connectivity index (χ1) is 12.2. The molecule has 1 saturated carbocycles. The Hall–Kier alpha value is -1.14. The zero-order valence-corrected chi connectivity index (χ0v) is 17.2. The summed E-state index contributed by atoms with van der Waals surface area (Å²) < 4.78 is 5.52. The van der Waals surface area contributed by atoms with Gasteiger partial charge in [0.15, 0.2) is 0 Å².